The van der Waals surface area contributed by atoms with Crippen molar-refractivity contribution < 1.29 is 38.2 Å². The number of aliphatic carboxylic acids is 1. The number of likely N-dealkylation sites (N-methyl/N-ethyl adjacent to an activating group) is 1. The van der Waals surface area contributed by atoms with Crippen LogP contribution in [0.5, 0.6) is 0 Å². The minimum absolute atomic E-state index is 0.0561. The van der Waals surface area contributed by atoms with Gasteiger partial charge in [0.2, 0.25) is 0 Å². The Morgan fingerprint density at radius 2 is 1.24 bits per heavy atom. The molecule has 42 heavy (non-hydrogen) atoms. The van der Waals surface area contributed by atoms with Crippen molar-refractivity contribution in [3.8, 4) is 0 Å². The van der Waals surface area contributed by atoms with E-state index in [1.807, 2.05) is 21.1 Å². The fourth-order valence-corrected chi connectivity index (χ4v) is 4.77. The number of allylic oxidation sites excluding steroid dienone is 2. The van der Waals surface area contributed by atoms with Crippen LogP contribution in [-0.2, 0) is 28.6 Å². The average Bonchev–Trinajstić information content (AvgIpc) is 2.93. The summed E-state index contributed by atoms with van der Waals surface area (Å²) in [6, 6.07) is -0.606. The van der Waals surface area contributed by atoms with Crippen LogP contribution in [0.25, 0.3) is 0 Å². The first-order chi connectivity index (χ1) is 20.1. The maximum Gasteiger partial charge on any atom is 0.362 e. The minimum atomic E-state index is -0.882. The molecule has 2 unspecified atom stereocenters. The number of hydrogen-bond acceptors (Lipinski definition) is 6. The number of carboxylic acids is 1. The first-order valence-electron chi connectivity index (χ1n) is 16.7. The van der Waals surface area contributed by atoms with E-state index >= 15 is 0 Å². The van der Waals surface area contributed by atoms with Gasteiger partial charge in [0.05, 0.1) is 34.4 Å². The van der Waals surface area contributed by atoms with Crippen molar-refractivity contribution in [2.75, 3.05) is 41.0 Å². The van der Waals surface area contributed by atoms with Crippen LogP contribution in [0.3, 0.4) is 0 Å². The third-order valence-electron chi connectivity index (χ3n) is 7.47. The molecule has 0 aromatic heterocycles. The predicted octanol–water partition coefficient (Wildman–Crippen LogP) is 7.63. The molecular formula is C34H64NO7+. The quantitative estimate of drug-likeness (QED) is 0.0409. The molecule has 0 amide bonds. The van der Waals surface area contributed by atoms with Gasteiger partial charge in [-0.3, -0.25) is 9.59 Å². The molecule has 0 rings (SSSR count). The highest BCUT2D eigenvalue weighted by Gasteiger charge is 2.31. The summed E-state index contributed by atoms with van der Waals surface area (Å²) in [5.41, 5.74) is 0. The molecule has 8 nitrogen and oxygen atoms in total. The zero-order valence-electron chi connectivity index (χ0n) is 27.7. The fraction of sp³-hybridized carbons (Fsp3) is 0.853. The summed E-state index contributed by atoms with van der Waals surface area (Å²) in [5.74, 6) is -1.58. The maximum absolute atomic E-state index is 12.4. The van der Waals surface area contributed by atoms with Gasteiger partial charge in [0.1, 0.15) is 6.61 Å². The summed E-state index contributed by atoms with van der Waals surface area (Å²) in [5, 5.41) is 9.46. The molecule has 0 aliphatic heterocycles. The molecule has 0 heterocycles. The zero-order valence-corrected chi connectivity index (χ0v) is 27.7. The van der Waals surface area contributed by atoms with Crippen LogP contribution in [0.2, 0.25) is 0 Å². The second-order valence-electron chi connectivity index (χ2n) is 12.4. The SMILES string of the molecule is CCCCCCCCC/C=C\CCCCCCCCCC(=O)OC(COCCC(C(=O)O)[N+](C)(C)C)COC(=O)CC. The van der Waals surface area contributed by atoms with Crippen LogP contribution in [0, 0.1) is 0 Å². The Labute approximate surface area is 257 Å². The molecule has 0 fully saturated rings. The molecule has 0 aliphatic rings. The van der Waals surface area contributed by atoms with Gasteiger partial charge in [-0.1, -0.05) is 96.6 Å². The van der Waals surface area contributed by atoms with E-state index in [0.29, 0.717) is 12.8 Å². The smallest absolute Gasteiger partial charge is 0.362 e. The third-order valence-corrected chi connectivity index (χ3v) is 7.47. The third kappa shape index (κ3) is 24.6. The minimum Gasteiger partial charge on any atom is -0.477 e. The van der Waals surface area contributed by atoms with E-state index in [-0.39, 0.29) is 42.7 Å². The number of carbonyl (C=O) groups is 3. The van der Waals surface area contributed by atoms with Gasteiger partial charge in [0.15, 0.2) is 12.1 Å². The van der Waals surface area contributed by atoms with Gasteiger partial charge in [-0.2, -0.15) is 0 Å². The maximum atomic E-state index is 12.4. The second-order valence-corrected chi connectivity index (χ2v) is 12.4. The summed E-state index contributed by atoms with van der Waals surface area (Å²) in [7, 11) is 5.47. The van der Waals surface area contributed by atoms with E-state index in [1.165, 1.54) is 83.5 Å². The van der Waals surface area contributed by atoms with Gasteiger partial charge in [-0.15, -0.1) is 0 Å². The summed E-state index contributed by atoms with van der Waals surface area (Å²) >= 11 is 0. The second kappa shape index (κ2) is 26.7. The van der Waals surface area contributed by atoms with E-state index in [0.717, 1.165) is 19.3 Å². The van der Waals surface area contributed by atoms with Crippen molar-refractivity contribution in [2.45, 2.75) is 148 Å². The number of quaternary nitrogens is 1. The fourth-order valence-electron chi connectivity index (χ4n) is 4.77. The van der Waals surface area contributed by atoms with Gasteiger partial charge < -0.3 is 23.8 Å². The van der Waals surface area contributed by atoms with Crippen LogP contribution in [-0.4, -0.2) is 80.6 Å². The highest BCUT2D eigenvalue weighted by Crippen LogP contribution is 2.13. The Kier molecular flexibility index (Phi) is 25.5. The van der Waals surface area contributed by atoms with Gasteiger partial charge in [-0.25, -0.2) is 4.79 Å². The number of nitrogens with zero attached hydrogens (tertiary/aromatic N) is 1. The normalized spacial score (nSPS) is 13.3. The standard InChI is InChI=1S/C34H63NO7/c1-6-8-9-10-11-12-13-14-15-16-17-18-19-20-21-22-23-24-25-33(37)42-30(29-41-32(36)7-2)28-40-27-26-31(34(38)39)35(3,4)5/h15-16,30-31H,6-14,17-29H2,1-5H3/p+1/b16-15-. The molecular weight excluding hydrogens is 534 g/mol. The Morgan fingerprint density at radius 3 is 1.74 bits per heavy atom. The number of unbranched alkanes of at least 4 members (excludes halogenated alkanes) is 14. The average molecular weight is 599 g/mol. The van der Waals surface area contributed by atoms with Crippen LogP contribution in [0.15, 0.2) is 12.2 Å². The zero-order chi connectivity index (χ0) is 31.5. The lowest BCUT2D eigenvalue weighted by molar-refractivity contribution is -0.887. The first-order valence-corrected chi connectivity index (χ1v) is 16.7. The number of carbonyl (C=O) groups excluding carboxylic acids is 2. The molecule has 0 saturated carbocycles. The Morgan fingerprint density at radius 1 is 0.714 bits per heavy atom. The van der Waals surface area contributed by atoms with Crippen LogP contribution in [0.4, 0.5) is 0 Å². The Balaban J connectivity index is 3.99. The van der Waals surface area contributed by atoms with Crippen molar-refractivity contribution in [1.82, 2.24) is 0 Å². The lowest BCUT2D eigenvalue weighted by atomic mass is 10.1. The van der Waals surface area contributed by atoms with Crippen molar-refractivity contribution in [3.05, 3.63) is 12.2 Å². The summed E-state index contributed by atoms with van der Waals surface area (Å²) in [4.78, 5) is 35.5. The molecule has 1 N–H and O–H groups in total. The first kappa shape index (κ1) is 40.1. The van der Waals surface area contributed by atoms with E-state index in [2.05, 4.69) is 19.1 Å². The molecule has 0 aromatic carbocycles. The van der Waals surface area contributed by atoms with Crippen molar-refractivity contribution in [2.24, 2.45) is 0 Å². The molecule has 8 heteroatoms. The van der Waals surface area contributed by atoms with Crippen molar-refractivity contribution >= 4 is 17.9 Å². The lowest BCUT2D eigenvalue weighted by Crippen LogP contribution is -2.50. The summed E-state index contributed by atoms with van der Waals surface area (Å²) in [6.45, 7) is 4.16. The largest absolute Gasteiger partial charge is 0.477 e. The number of hydrogen-bond donors (Lipinski definition) is 1. The summed E-state index contributed by atoms with van der Waals surface area (Å²) in [6.07, 6.45) is 24.6. The van der Waals surface area contributed by atoms with Gasteiger partial charge >= 0.3 is 17.9 Å². The van der Waals surface area contributed by atoms with Crippen LogP contribution < -0.4 is 0 Å². The van der Waals surface area contributed by atoms with Crippen LogP contribution >= 0.6 is 0 Å². The molecule has 0 saturated heterocycles. The monoisotopic (exact) mass is 598 g/mol. The topological polar surface area (TPSA) is 99.1 Å². The van der Waals surface area contributed by atoms with E-state index < -0.39 is 18.1 Å². The van der Waals surface area contributed by atoms with Gasteiger partial charge in [0.25, 0.3) is 0 Å². The molecule has 0 bridgehead atoms. The van der Waals surface area contributed by atoms with Crippen molar-refractivity contribution in [1.29, 1.82) is 0 Å². The molecule has 2 atom stereocenters. The van der Waals surface area contributed by atoms with Gasteiger partial charge in [0, 0.05) is 19.3 Å². The number of ether oxygens (including phenoxy) is 3. The number of esters is 2. The molecule has 246 valence electrons. The Bertz CT molecular complexity index is 717. The van der Waals surface area contributed by atoms with Crippen molar-refractivity contribution in [3.63, 3.8) is 0 Å². The Hall–Kier alpha value is -1.93. The van der Waals surface area contributed by atoms with E-state index in [9.17, 15) is 19.5 Å². The molecule has 0 aromatic rings. The highest BCUT2D eigenvalue weighted by atomic mass is 16.6. The summed E-state index contributed by atoms with van der Waals surface area (Å²) < 4.78 is 16.6. The molecule has 0 spiro atoms. The molecule has 0 radical (unpaired) electrons. The predicted molar refractivity (Wildman–Crippen MR) is 169 cm³/mol. The van der Waals surface area contributed by atoms with Crippen LogP contribution in [0.1, 0.15) is 136 Å². The molecule has 0 aliphatic carbocycles. The number of rotatable bonds is 29. The van der Waals surface area contributed by atoms with E-state index in [4.69, 9.17) is 14.2 Å². The lowest BCUT2D eigenvalue weighted by Gasteiger charge is -2.31. The van der Waals surface area contributed by atoms with E-state index in [1.54, 1.807) is 6.92 Å². The number of carboxylic acid groups (broad SMARTS) is 1. The highest BCUT2D eigenvalue weighted by molar-refractivity contribution is 5.72. The van der Waals surface area contributed by atoms with Gasteiger partial charge in [-0.05, 0) is 32.1 Å².